The van der Waals surface area contributed by atoms with Gasteiger partial charge in [0.15, 0.2) is 0 Å². The van der Waals surface area contributed by atoms with Crippen LogP contribution in [0.4, 0.5) is 10.1 Å². The number of benzene rings is 3. The Morgan fingerprint density at radius 1 is 1.03 bits per heavy atom. The SMILES string of the molecule is COc1ccc(OC)c(N2CC(c3nc4ccccc4n3Cc3ccc(F)cc3)CC2=O)c1. The number of para-hydroxylation sites is 2. The van der Waals surface area contributed by atoms with E-state index in [4.69, 9.17) is 14.5 Å². The number of carbonyl (C=O) groups excluding carboxylic acids is 1. The highest BCUT2D eigenvalue weighted by Gasteiger charge is 2.36. The third kappa shape index (κ3) is 3.91. The maximum Gasteiger partial charge on any atom is 0.227 e. The first-order chi connectivity index (χ1) is 16.1. The van der Waals surface area contributed by atoms with Gasteiger partial charge in [0, 0.05) is 31.5 Å². The second-order valence-electron chi connectivity index (χ2n) is 8.11. The monoisotopic (exact) mass is 445 g/mol. The fourth-order valence-electron chi connectivity index (χ4n) is 4.47. The number of hydrogen-bond donors (Lipinski definition) is 0. The second-order valence-corrected chi connectivity index (χ2v) is 8.11. The number of halogens is 1. The number of aromatic nitrogens is 2. The van der Waals surface area contributed by atoms with E-state index in [9.17, 15) is 9.18 Å². The average molecular weight is 445 g/mol. The van der Waals surface area contributed by atoms with Crippen LogP contribution in [0.2, 0.25) is 0 Å². The molecule has 0 spiro atoms. The van der Waals surface area contributed by atoms with Crippen LogP contribution in [-0.2, 0) is 11.3 Å². The molecule has 0 N–H and O–H groups in total. The number of methoxy groups -OCH3 is 2. The first kappa shape index (κ1) is 21.0. The van der Waals surface area contributed by atoms with E-state index in [0.717, 1.165) is 22.4 Å². The van der Waals surface area contributed by atoms with E-state index in [2.05, 4.69) is 4.57 Å². The molecule has 0 bridgehead atoms. The predicted molar refractivity (Wildman–Crippen MR) is 124 cm³/mol. The van der Waals surface area contributed by atoms with Crippen LogP contribution in [0.3, 0.4) is 0 Å². The fourth-order valence-corrected chi connectivity index (χ4v) is 4.47. The minimum absolute atomic E-state index is 0.00643. The van der Waals surface area contributed by atoms with Crippen molar-refractivity contribution in [2.45, 2.75) is 18.9 Å². The largest absolute Gasteiger partial charge is 0.497 e. The Bertz CT molecular complexity index is 1320. The van der Waals surface area contributed by atoms with Gasteiger partial charge in [-0.2, -0.15) is 0 Å². The molecule has 0 saturated carbocycles. The maximum absolute atomic E-state index is 13.4. The molecule has 33 heavy (non-hydrogen) atoms. The smallest absolute Gasteiger partial charge is 0.227 e. The zero-order chi connectivity index (χ0) is 22.9. The van der Waals surface area contributed by atoms with Gasteiger partial charge in [-0.05, 0) is 42.0 Å². The lowest BCUT2D eigenvalue weighted by Gasteiger charge is -2.20. The molecule has 1 aliphatic heterocycles. The summed E-state index contributed by atoms with van der Waals surface area (Å²) < 4.78 is 26.4. The Labute approximate surface area is 191 Å². The first-order valence-corrected chi connectivity index (χ1v) is 10.8. The van der Waals surface area contributed by atoms with Crippen LogP contribution in [0, 0.1) is 5.82 Å². The predicted octanol–water partition coefficient (Wildman–Crippen LogP) is 4.76. The molecule has 1 aromatic heterocycles. The Kier molecular flexibility index (Phi) is 5.46. The lowest BCUT2D eigenvalue weighted by Crippen LogP contribution is -2.25. The summed E-state index contributed by atoms with van der Waals surface area (Å²) >= 11 is 0. The molecule has 6 nitrogen and oxygen atoms in total. The molecule has 7 heteroatoms. The van der Waals surface area contributed by atoms with Crippen molar-refractivity contribution in [3.63, 3.8) is 0 Å². The van der Waals surface area contributed by atoms with E-state index in [1.54, 1.807) is 37.3 Å². The highest BCUT2D eigenvalue weighted by atomic mass is 19.1. The van der Waals surface area contributed by atoms with Gasteiger partial charge < -0.3 is 18.9 Å². The number of fused-ring (bicyclic) bond motifs is 1. The lowest BCUT2D eigenvalue weighted by atomic mass is 10.1. The topological polar surface area (TPSA) is 56.6 Å². The number of carbonyl (C=O) groups is 1. The number of amides is 1. The molecule has 1 fully saturated rings. The Morgan fingerprint density at radius 2 is 1.82 bits per heavy atom. The van der Waals surface area contributed by atoms with Crippen LogP contribution < -0.4 is 14.4 Å². The molecule has 5 rings (SSSR count). The third-order valence-electron chi connectivity index (χ3n) is 6.11. The van der Waals surface area contributed by atoms with Crippen LogP contribution in [0.5, 0.6) is 11.5 Å². The maximum atomic E-state index is 13.4. The van der Waals surface area contributed by atoms with Crippen LogP contribution in [0.25, 0.3) is 11.0 Å². The number of hydrogen-bond acceptors (Lipinski definition) is 4. The first-order valence-electron chi connectivity index (χ1n) is 10.8. The number of nitrogens with zero attached hydrogens (tertiary/aromatic N) is 3. The minimum Gasteiger partial charge on any atom is -0.497 e. The average Bonchev–Trinajstić information content (AvgIpc) is 3.40. The van der Waals surface area contributed by atoms with Gasteiger partial charge in [-0.25, -0.2) is 9.37 Å². The van der Waals surface area contributed by atoms with Gasteiger partial charge in [0.1, 0.15) is 23.1 Å². The molecule has 2 heterocycles. The summed E-state index contributed by atoms with van der Waals surface area (Å²) in [6.07, 6.45) is 0.340. The van der Waals surface area contributed by atoms with Crippen molar-refractivity contribution in [2.75, 3.05) is 25.7 Å². The van der Waals surface area contributed by atoms with E-state index in [0.29, 0.717) is 36.7 Å². The molecule has 1 atom stereocenters. The van der Waals surface area contributed by atoms with Gasteiger partial charge >= 0.3 is 0 Å². The van der Waals surface area contributed by atoms with Crippen molar-refractivity contribution in [3.8, 4) is 11.5 Å². The Hall–Kier alpha value is -3.87. The molecule has 1 saturated heterocycles. The van der Waals surface area contributed by atoms with Crippen molar-refractivity contribution >= 4 is 22.6 Å². The van der Waals surface area contributed by atoms with E-state index in [1.165, 1.54) is 12.1 Å². The summed E-state index contributed by atoms with van der Waals surface area (Å²) in [7, 11) is 3.18. The van der Waals surface area contributed by atoms with Crippen molar-refractivity contribution in [1.29, 1.82) is 0 Å². The Balaban J connectivity index is 1.52. The molecule has 1 amide bonds. The second kappa shape index (κ2) is 8.58. The van der Waals surface area contributed by atoms with Crippen LogP contribution >= 0.6 is 0 Å². The minimum atomic E-state index is -0.265. The molecule has 0 aliphatic carbocycles. The van der Waals surface area contributed by atoms with Gasteiger partial charge in [-0.3, -0.25) is 4.79 Å². The molecular formula is C26H24FN3O3. The van der Waals surface area contributed by atoms with E-state index >= 15 is 0 Å². The van der Waals surface area contributed by atoms with E-state index < -0.39 is 0 Å². The quantitative estimate of drug-likeness (QED) is 0.429. The van der Waals surface area contributed by atoms with Crippen molar-refractivity contribution in [1.82, 2.24) is 9.55 Å². The van der Waals surface area contributed by atoms with E-state index in [1.807, 2.05) is 36.4 Å². The summed E-state index contributed by atoms with van der Waals surface area (Å²) in [5, 5.41) is 0. The Morgan fingerprint density at radius 3 is 2.58 bits per heavy atom. The number of imidazole rings is 1. The zero-order valence-electron chi connectivity index (χ0n) is 18.5. The summed E-state index contributed by atoms with van der Waals surface area (Å²) in [5.41, 5.74) is 3.52. The summed E-state index contributed by atoms with van der Waals surface area (Å²) in [6, 6.07) is 19.8. The van der Waals surface area contributed by atoms with E-state index in [-0.39, 0.29) is 17.6 Å². The van der Waals surface area contributed by atoms with Gasteiger partial charge in [-0.15, -0.1) is 0 Å². The molecular weight excluding hydrogens is 421 g/mol. The molecule has 0 radical (unpaired) electrons. The molecule has 1 unspecified atom stereocenters. The highest BCUT2D eigenvalue weighted by molar-refractivity contribution is 5.98. The molecule has 4 aromatic rings. The fraction of sp³-hybridized carbons (Fsp3) is 0.231. The normalized spacial score (nSPS) is 15.9. The number of anilines is 1. The van der Waals surface area contributed by atoms with Gasteiger partial charge in [0.2, 0.25) is 5.91 Å². The summed E-state index contributed by atoms with van der Waals surface area (Å²) in [4.78, 5) is 19.7. The van der Waals surface area contributed by atoms with Crippen molar-refractivity contribution in [2.24, 2.45) is 0 Å². The van der Waals surface area contributed by atoms with Gasteiger partial charge in [-0.1, -0.05) is 24.3 Å². The van der Waals surface area contributed by atoms with Crippen LogP contribution in [0.1, 0.15) is 23.7 Å². The van der Waals surface area contributed by atoms with Crippen LogP contribution in [0.15, 0.2) is 66.7 Å². The number of rotatable bonds is 6. The van der Waals surface area contributed by atoms with Crippen LogP contribution in [-0.4, -0.2) is 36.2 Å². The van der Waals surface area contributed by atoms with Gasteiger partial charge in [0.05, 0.1) is 30.9 Å². The highest BCUT2D eigenvalue weighted by Crippen LogP contribution is 2.39. The van der Waals surface area contributed by atoms with Gasteiger partial charge in [0.25, 0.3) is 0 Å². The van der Waals surface area contributed by atoms with Crippen molar-refractivity contribution < 1.29 is 18.7 Å². The number of ether oxygens (including phenoxy) is 2. The standard InChI is InChI=1S/C26H24FN3O3/c1-32-20-11-12-24(33-2)23(14-20)29-16-18(13-25(29)31)26-28-21-5-3-4-6-22(21)30(26)15-17-7-9-19(27)10-8-17/h3-12,14,18H,13,15-16H2,1-2H3. The lowest BCUT2D eigenvalue weighted by molar-refractivity contribution is -0.117. The zero-order valence-corrected chi connectivity index (χ0v) is 18.5. The molecule has 1 aliphatic rings. The van der Waals surface area contributed by atoms with Crippen molar-refractivity contribution in [3.05, 3.63) is 83.9 Å². The molecule has 3 aromatic carbocycles. The molecule has 168 valence electrons. The summed E-state index contributed by atoms with van der Waals surface area (Å²) in [6.45, 7) is 1.03. The third-order valence-corrected chi connectivity index (χ3v) is 6.11. The summed E-state index contributed by atoms with van der Waals surface area (Å²) in [5.74, 6) is 1.76.